The molecule has 6 heteroatoms. The molecule has 0 aliphatic heterocycles. The third kappa shape index (κ3) is 3.01. The summed E-state index contributed by atoms with van der Waals surface area (Å²) in [5.74, 6) is 0.396. The van der Waals surface area contributed by atoms with E-state index in [-0.39, 0.29) is 6.54 Å². The molecule has 0 fully saturated rings. The van der Waals surface area contributed by atoms with Crippen LogP contribution in [0.1, 0.15) is 0 Å². The Balaban J connectivity index is 2.83. The van der Waals surface area contributed by atoms with Crippen LogP contribution in [0.25, 0.3) is 0 Å². The van der Waals surface area contributed by atoms with Gasteiger partial charge in [0.25, 0.3) is 6.54 Å². The summed E-state index contributed by atoms with van der Waals surface area (Å²) in [5.41, 5.74) is 0.778. The Morgan fingerprint density at radius 2 is 2.47 bits per heavy atom. The van der Waals surface area contributed by atoms with E-state index in [9.17, 15) is 10.1 Å². The van der Waals surface area contributed by atoms with Crippen LogP contribution in [0.15, 0.2) is 29.5 Å². The van der Waals surface area contributed by atoms with Crippen molar-refractivity contribution in [3.05, 3.63) is 34.6 Å². The summed E-state index contributed by atoms with van der Waals surface area (Å²) in [4.78, 5) is 19.4. The molecule has 6 nitrogen and oxygen atoms in total. The molecule has 0 aromatic carbocycles. The predicted octanol–water partition coefficient (Wildman–Crippen LogP) is 0.823. The van der Waals surface area contributed by atoms with Gasteiger partial charge in [-0.1, -0.05) is 0 Å². The highest BCUT2D eigenvalue weighted by molar-refractivity contribution is 5.97. The second-order valence-electron chi connectivity index (χ2n) is 2.90. The average Bonchev–Trinajstić information content (AvgIpc) is 2.26. The van der Waals surface area contributed by atoms with Crippen molar-refractivity contribution in [1.82, 2.24) is 4.98 Å². The second kappa shape index (κ2) is 5.04. The van der Waals surface area contributed by atoms with Gasteiger partial charge in [-0.25, -0.2) is 0 Å². The van der Waals surface area contributed by atoms with Crippen molar-refractivity contribution in [3.63, 3.8) is 0 Å². The van der Waals surface area contributed by atoms with Crippen LogP contribution < -0.4 is 4.90 Å². The van der Waals surface area contributed by atoms with E-state index in [4.69, 9.17) is 0 Å². The molecule has 0 unspecified atom stereocenters. The van der Waals surface area contributed by atoms with E-state index in [0.717, 1.165) is 5.69 Å². The minimum atomic E-state index is -0.408. The van der Waals surface area contributed by atoms with E-state index in [2.05, 4.69) is 9.98 Å². The van der Waals surface area contributed by atoms with E-state index in [1.165, 1.54) is 7.05 Å². The van der Waals surface area contributed by atoms with Crippen molar-refractivity contribution >= 4 is 11.5 Å². The number of likely N-dealkylation sites (N-methyl/N-ethyl adjacent to an activating group) is 1. The zero-order valence-electron chi connectivity index (χ0n) is 8.62. The topological polar surface area (TPSA) is 71.6 Å². The third-order valence-corrected chi connectivity index (χ3v) is 1.95. The molecule has 0 radical (unpaired) electrons. The number of nitrogens with zero attached hydrogens (tertiary/aromatic N) is 4. The third-order valence-electron chi connectivity index (χ3n) is 1.95. The van der Waals surface area contributed by atoms with Crippen LogP contribution in [0.2, 0.25) is 0 Å². The molecule has 0 N–H and O–H groups in total. The number of hydrogen-bond donors (Lipinski definition) is 0. The molecule has 0 saturated carbocycles. The Hall–Kier alpha value is -1.98. The lowest BCUT2D eigenvalue weighted by Crippen LogP contribution is -2.32. The highest BCUT2D eigenvalue weighted by atomic mass is 16.6. The van der Waals surface area contributed by atoms with Gasteiger partial charge in [-0.2, -0.15) is 0 Å². The van der Waals surface area contributed by atoms with E-state index in [0.29, 0.717) is 5.84 Å². The van der Waals surface area contributed by atoms with Gasteiger partial charge in [0.1, 0.15) is 0 Å². The monoisotopic (exact) mass is 208 g/mol. The minimum Gasteiger partial charge on any atom is -0.326 e. The van der Waals surface area contributed by atoms with Crippen molar-refractivity contribution in [2.24, 2.45) is 4.99 Å². The summed E-state index contributed by atoms with van der Waals surface area (Å²) in [6.45, 7) is -0.290. The van der Waals surface area contributed by atoms with E-state index >= 15 is 0 Å². The fourth-order valence-electron chi connectivity index (χ4n) is 1.14. The lowest BCUT2D eigenvalue weighted by Gasteiger charge is -2.17. The van der Waals surface area contributed by atoms with Crippen molar-refractivity contribution in [1.29, 1.82) is 0 Å². The summed E-state index contributed by atoms with van der Waals surface area (Å²) in [6.07, 6.45) is 3.28. The highest BCUT2D eigenvalue weighted by Crippen LogP contribution is 2.09. The highest BCUT2D eigenvalue weighted by Gasteiger charge is 2.13. The first kappa shape index (κ1) is 11.1. The largest absolute Gasteiger partial charge is 0.326 e. The molecular weight excluding hydrogens is 196 g/mol. The lowest BCUT2D eigenvalue weighted by molar-refractivity contribution is -0.463. The Bertz CT molecular complexity index is 364. The molecule has 80 valence electrons. The zero-order chi connectivity index (χ0) is 11.3. The summed E-state index contributed by atoms with van der Waals surface area (Å²) in [6, 6.07) is 3.59. The number of hydrogen-bond acceptors (Lipinski definition) is 4. The van der Waals surface area contributed by atoms with Gasteiger partial charge in [0, 0.05) is 25.2 Å². The first-order chi connectivity index (χ1) is 7.15. The van der Waals surface area contributed by atoms with Gasteiger partial charge in [0.05, 0.1) is 11.9 Å². The minimum absolute atomic E-state index is 0.290. The van der Waals surface area contributed by atoms with Crippen molar-refractivity contribution in [2.75, 3.05) is 25.5 Å². The van der Waals surface area contributed by atoms with Crippen molar-refractivity contribution < 1.29 is 4.92 Å². The number of aliphatic imine (C=N–C) groups is 1. The lowest BCUT2D eigenvalue weighted by atomic mass is 10.3. The Labute approximate surface area is 87.4 Å². The SMILES string of the molecule is CN=C(C[N+](=O)[O-])N(C)c1cccnc1. The van der Waals surface area contributed by atoms with Crippen LogP contribution in [-0.4, -0.2) is 36.4 Å². The van der Waals surface area contributed by atoms with E-state index in [1.54, 1.807) is 30.4 Å². The van der Waals surface area contributed by atoms with Gasteiger partial charge in [-0.05, 0) is 12.1 Å². The Morgan fingerprint density at radius 1 is 1.73 bits per heavy atom. The summed E-state index contributed by atoms with van der Waals surface area (Å²) in [5, 5.41) is 10.4. The molecule has 1 rings (SSSR count). The van der Waals surface area contributed by atoms with Crippen molar-refractivity contribution in [3.8, 4) is 0 Å². The van der Waals surface area contributed by atoms with Crippen LogP contribution in [0.3, 0.4) is 0 Å². The van der Waals surface area contributed by atoms with Gasteiger partial charge in [0.2, 0.25) is 0 Å². The number of pyridine rings is 1. The summed E-state index contributed by atoms with van der Waals surface area (Å²) < 4.78 is 0. The Kier molecular flexibility index (Phi) is 3.73. The van der Waals surface area contributed by atoms with Gasteiger partial charge >= 0.3 is 0 Å². The molecule has 0 aliphatic rings. The van der Waals surface area contributed by atoms with Crippen LogP contribution in [0.4, 0.5) is 5.69 Å². The molecule has 1 aromatic rings. The fraction of sp³-hybridized carbons (Fsp3) is 0.333. The molecule has 0 saturated heterocycles. The smallest absolute Gasteiger partial charge is 0.260 e. The first-order valence-corrected chi connectivity index (χ1v) is 4.36. The quantitative estimate of drug-likeness (QED) is 0.319. The van der Waals surface area contributed by atoms with Gasteiger partial charge in [-0.15, -0.1) is 0 Å². The van der Waals surface area contributed by atoms with Crippen LogP contribution in [-0.2, 0) is 0 Å². The molecule has 15 heavy (non-hydrogen) atoms. The molecule has 1 aromatic heterocycles. The van der Waals surface area contributed by atoms with Crippen LogP contribution in [0.5, 0.6) is 0 Å². The maximum Gasteiger partial charge on any atom is 0.260 e. The Morgan fingerprint density at radius 3 is 2.93 bits per heavy atom. The average molecular weight is 208 g/mol. The van der Waals surface area contributed by atoms with Gasteiger partial charge < -0.3 is 4.90 Å². The molecule has 1 heterocycles. The second-order valence-corrected chi connectivity index (χ2v) is 2.90. The maximum absolute atomic E-state index is 10.4. The van der Waals surface area contributed by atoms with Crippen LogP contribution in [0, 0.1) is 10.1 Å². The molecule has 0 amide bonds. The maximum atomic E-state index is 10.4. The standard InChI is InChI=1S/C9H12N4O2/c1-10-9(7-13(14)15)12(2)8-4-3-5-11-6-8/h3-6H,7H2,1-2H3. The number of anilines is 1. The fourth-order valence-corrected chi connectivity index (χ4v) is 1.14. The van der Waals surface area contributed by atoms with E-state index in [1.807, 2.05) is 6.07 Å². The number of amidine groups is 1. The predicted molar refractivity (Wildman–Crippen MR) is 57.9 cm³/mol. The molecule has 0 aliphatic carbocycles. The van der Waals surface area contributed by atoms with Crippen molar-refractivity contribution in [2.45, 2.75) is 0 Å². The number of aromatic nitrogens is 1. The summed E-state index contributed by atoms with van der Waals surface area (Å²) in [7, 11) is 3.26. The number of nitro groups is 1. The first-order valence-electron chi connectivity index (χ1n) is 4.36. The molecular formula is C9H12N4O2. The zero-order valence-corrected chi connectivity index (χ0v) is 8.62. The normalized spacial score (nSPS) is 11.2. The number of rotatable bonds is 3. The molecule has 0 atom stereocenters. The van der Waals surface area contributed by atoms with Gasteiger partial charge in [0.15, 0.2) is 5.84 Å². The molecule has 0 bridgehead atoms. The van der Waals surface area contributed by atoms with E-state index < -0.39 is 4.92 Å². The molecule has 0 spiro atoms. The summed E-state index contributed by atoms with van der Waals surface area (Å²) >= 11 is 0. The van der Waals surface area contributed by atoms with Gasteiger partial charge in [-0.3, -0.25) is 20.1 Å². The van der Waals surface area contributed by atoms with Crippen LogP contribution >= 0.6 is 0 Å².